The molecule has 0 radical (unpaired) electrons. The zero-order chi connectivity index (χ0) is 18.5. The van der Waals surface area contributed by atoms with Gasteiger partial charge < -0.3 is 5.32 Å². The molecule has 26 heavy (non-hydrogen) atoms. The molecule has 3 aromatic rings. The number of nitro benzene ring substituents is 1. The van der Waals surface area contributed by atoms with Crippen LogP contribution in [-0.4, -0.2) is 20.6 Å². The summed E-state index contributed by atoms with van der Waals surface area (Å²) in [5, 5.41) is 17.8. The smallest absolute Gasteiger partial charge is 0.288 e. The highest BCUT2D eigenvalue weighted by Gasteiger charge is 2.11. The Morgan fingerprint density at radius 3 is 2.69 bits per heavy atom. The van der Waals surface area contributed by atoms with Gasteiger partial charge in [0.2, 0.25) is 5.91 Å². The third kappa shape index (κ3) is 4.14. The molecule has 0 aliphatic rings. The standard InChI is InChI=1S/C18H13ClN4O3/c19-15-8-6-13(12-16(15)23(25)26)7-9-18(24)20-17-10-11-22(21-17)14-4-2-1-3-5-14/h1-12H,(H,20,21,24)/b9-7+. The molecule has 7 nitrogen and oxygen atoms in total. The van der Waals surface area contributed by atoms with E-state index in [9.17, 15) is 14.9 Å². The van der Waals surface area contributed by atoms with E-state index < -0.39 is 10.8 Å². The molecular weight excluding hydrogens is 356 g/mol. The van der Waals surface area contributed by atoms with Crippen LogP contribution in [0.5, 0.6) is 0 Å². The molecule has 1 heterocycles. The first-order valence-electron chi connectivity index (χ1n) is 7.57. The molecule has 0 fully saturated rings. The lowest BCUT2D eigenvalue weighted by Gasteiger charge is -2.00. The van der Waals surface area contributed by atoms with Crippen LogP contribution in [0.4, 0.5) is 11.5 Å². The topological polar surface area (TPSA) is 90.1 Å². The fraction of sp³-hybridized carbons (Fsp3) is 0. The number of hydrogen-bond acceptors (Lipinski definition) is 4. The summed E-state index contributed by atoms with van der Waals surface area (Å²) in [7, 11) is 0. The van der Waals surface area contributed by atoms with Gasteiger partial charge in [-0.25, -0.2) is 4.68 Å². The molecule has 8 heteroatoms. The molecule has 1 aromatic heterocycles. The highest BCUT2D eigenvalue weighted by Crippen LogP contribution is 2.25. The zero-order valence-corrected chi connectivity index (χ0v) is 14.1. The number of para-hydroxylation sites is 1. The number of carbonyl (C=O) groups excluding carboxylic acids is 1. The molecule has 2 aromatic carbocycles. The third-order valence-corrected chi connectivity index (χ3v) is 3.77. The maximum Gasteiger partial charge on any atom is 0.288 e. The summed E-state index contributed by atoms with van der Waals surface area (Å²) >= 11 is 5.76. The largest absolute Gasteiger partial charge is 0.306 e. The number of rotatable bonds is 5. The minimum atomic E-state index is -0.573. The molecule has 130 valence electrons. The summed E-state index contributed by atoms with van der Waals surface area (Å²) in [6.45, 7) is 0. The van der Waals surface area contributed by atoms with Crippen molar-refractivity contribution in [3.63, 3.8) is 0 Å². The summed E-state index contributed by atoms with van der Waals surface area (Å²) in [5.74, 6) is -0.00787. The van der Waals surface area contributed by atoms with Gasteiger partial charge in [-0.3, -0.25) is 14.9 Å². The van der Waals surface area contributed by atoms with Gasteiger partial charge in [-0.05, 0) is 29.8 Å². The minimum absolute atomic E-state index is 0.0445. The first-order valence-corrected chi connectivity index (χ1v) is 7.95. The molecule has 0 saturated carbocycles. The molecule has 0 spiro atoms. The lowest BCUT2D eigenvalue weighted by Crippen LogP contribution is -2.08. The van der Waals surface area contributed by atoms with E-state index >= 15 is 0 Å². The van der Waals surface area contributed by atoms with Crippen LogP contribution in [0.2, 0.25) is 5.02 Å². The van der Waals surface area contributed by atoms with Crippen molar-refractivity contribution in [2.45, 2.75) is 0 Å². The number of nitrogens with one attached hydrogen (secondary N) is 1. The molecule has 3 rings (SSSR count). The van der Waals surface area contributed by atoms with Crippen molar-refractivity contribution in [3.8, 4) is 5.69 Å². The quantitative estimate of drug-likeness (QED) is 0.417. The monoisotopic (exact) mass is 368 g/mol. The fourth-order valence-corrected chi connectivity index (χ4v) is 2.41. The molecule has 0 saturated heterocycles. The summed E-state index contributed by atoms with van der Waals surface area (Å²) in [6, 6.07) is 15.5. The Labute approximate surface area is 153 Å². The Morgan fingerprint density at radius 2 is 1.96 bits per heavy atom. The number of benzene rings is 2. The number of nitro groups is 1. The van der Waals surface area contributed by atoms with Gasteiger partial charge in [0, 0.05) is 24.4 Å². The van der Waals surface area contributed by atoms with Gasteiger partial charge in [-0.1, -0.05) is 35.9 Å². The summed E-state index contributed by atoms with van der Waals surface area (Å²) < 4.78 is 1.64. The van der Waals surface area contributed by atoms with E-state index in [0.29, 0.717) is 11.4 Å². The SMILES string of the molecule is O=C(/C=C/c1ccc(Cl)c([N+](=O)[O-])c1)Nc1ccn(-c2ccccc2)n1. The van der Waals surface area contributed by atoms with Gasteiger partial charge in [0.15, 0.2) is 5.82 Å². The Balaban J connectivity index is 1.68. The normalized spacial score (nSPS) is 10.8. The lowest BCUT2D eigenvalue weighted by molar-refractivity contribution is -0.384. The maximum absolute atomic E-state index is 12.0. The minimum Gasteiger partial charge on any atom is -0.306 e. The van der Waals surface area contributed by atoms with Crippen LogP contribution in [0.15, 0.2) is 66.9 Å². The molecule has 0 unspecified atom stereocenters. The first kappa shape index (κ1) is 17.4. The molecule has 1 N–H and O–H groups in total. The van der Waals surface area contributed by atoms with Gasteiger partial charge in [0.1, 0.15) is 5.02 Å². The Kier molecular flexibility index (Phi) is 5.09. The van der Waals surface area contributed by atoms with Gasteiger partial charge in [0.05, 0.1) is 10.6 Å². The van der Waals surface area contributed by atoms with E-state index in [-0.39, 0.29) is 10.7 Å². The average Bonchev–Trinajstić information content (AvgIpc) is 3.10. The van der Waals surface area contributed by atoms with Crippen molar-refractivity contribution in [3.05, 3.63) is 87.6 Å². The van der Waals surface area contributed by atoms with Crippen molar-refractivity contribution in [1.29, 1.82) is 0 Å². The number of aromatic nitrogens is 2. The van der Waals surface area contributed by atoms with E-state index in [0.717, 1.165) is 5.69 Å². The number of hydrogen-bond donors (Lipinski definition) is 1. The van der Waals surface area contributed by atoms with Crippen molar-refractivity contribution in [1.82, 2.24) is 9.78 Å². The van der Waals surface area contributed by atoms with Gasteiger partial charge >= 0.3 is 0 Å². The number of carbonyl (C=O) groups is 1. The predicted octanol–water partition coefficient (Wildman–Crippen LogP) is 4.09. The van der Waals surface area contributed by atoms with Crippen LogP contribution in [0, 0.1) is 10.1 Å². The highest BCUT2D eigenvalue weighted by molar-refractivity contribution is 6.32. The molecule has 0 bridgehead atoms. The van der Waals surface area contributed by atoms with Gasteiger partial charge in [0.25, 0.3) is 5.69 Å². The van der Waals surface area contributed by atoms with Crippen LogP contribution >= 0.6 is 11.6 Å². The number of anilines is 1. The number of nitrogens with zero attached hydrogens (tertiary/aromatic N) is 3. The van der Waals surface area contributed by atoms with Crippen LogP contribution in [-0.2, 0) is 4.79 Å². The average molecular weight is 369 g/mol. The first-order chi connectivity index (χ1) is 12.5. The Morgan fingerprint density at radius 1 is 1.19 bits per heavy atom. The van der Waals surface area contributed by atoms with Crippen molar-refractivity contribution in [2.75, 3.05) is 5.32 Å². The molecule has 1 amide bonds. The number of amides is 1. The van der Waals surface area contributed by atoms with E-state index in [2.05, 4.69) is 10.4 Å². The Bertz CT molecular complexity index is 983. The van der Waals surface area contributed by atoms with Crippen LogP contribution in [0.1, 0.15) is 5.56 Å². The maximum atomic E-state index is 12.0. The summed E-state index contributed by atoms with van der Waals surface area (Å²) in [4.78, 5) is 22.3. The van der Waals surface area contributed by atoms with Crippen LogP contribution < -0.4 is 5.32 Å². The van der Waals surface area contributed by atoms with E-state index in [1.165, 1.54) is 24.3 Å². The predicted molar refractivity (Wildman–Crippen MR) is 99.3 cm³/mol. The fourth-order valence-electron chi connectivity index (χ4n) is 2.23. The second-order valence-electron chi connectivity index (χ2n) is 5.27. The van der Waals surface area contributed by atoms with Crippen LogP contribution in [0.3, 0.4) is 0 Å². The van der Waals surface area contributed by atoms with E-state index in [1.54, 1.807) is 23.0 Å². The van der Waals surface area contributed by atoms with Crippen molar-refractivity contribution in [2.24, 2.45) is 0 Å². The highest BCUT2D eigenvalue weighted by atomic mass is 35.5. The van der Waals surface area contributed by atoms with Crippen molar-refractivity contribution < 1.29 is 9.72 Å². The van der Waals surface area contributed by atoms with E-state index in [4.69, 9.17) is 11.6 Å². The Hall–Kier alpha value is -3.45. The second kappa shape index (κ2) is 7.62. The molecule has 0 aliphatic heterocycles. The molecular formula is C18H13ClN4O3. The lowest BCUT2D eigenvalue weighted by atomic mass is 10.2. The number of halogens is 1. The summed E-state index contributed by atoms with van der Waals surface area (Å²) in [5.41, 5.74) is 1.15. The molecule has 0 atom stereocenters. The second-order valence-corrected chi connectivity index (χ2v) is 5.68. The molecule has 0 aliphatic carbocycles. The van der Waals surface area contributed by atoms with Crippen LogP contribution in [0.25, 0.3) is 11.8 Å². The van der Waals surface area contributed by atoms with Gasteiger partial charge in [-0.2, -0.15) is 5.10 Å². The zero-order valence-electron chi connectivity index (χ0n) is 13.4. The third-order valence-electron chi connectivity index (χ3n) is 3.46. The van der Waals surface area contributed by atoms with Crippen molar-refractivity contribution >= 4 is 35.1 Å². The summed E-state index contributed by atoms with van der Waals surface area (Å²) in [6.07, 6.45) is 4.47. The van der Waals surface area contributed by atoms with E-state index in [1.807, 2.05) is 30.3 Å². The van der Waals surface area contributed by atoms with Gasteiger partial charge in [-0.15, -0.1) is 0 Å².